The number of benzene rings is 3. The Morgan fingerprint density at radius 2 is 1.69 bits per heavy atom. The van der Waals surface area contributed by atoms with Gasteiger partial charge in [-0.2, -0.15) is 0 Å². The number of hydrogen-bond donors (Lipinski definition) is 2. The van der Waals surface area contributed by atoms with Crippen LogP contribution in [0.15, 0.2) is 78.5 Å². The number of carbonyl (C=O) groups excluding carboxylic acids is 2. The molecule has 3 aromatic rings. The minimum Gasteiger partial charge on any atom is -0.497 e. The molecular formula is C24H21N3O5. The van der Waals surface area contributed by atoms with Crippen LogP contribution in [0.2, 0.25) is 0 Å². The van der Waals surface area contributed by atoms with Crippen LogP contribution >= 0.6 is 0 Å². The Labute approximate surface area is 184 Å². The predicted molar refractivity (Wildman–Crippen MR) is 121 cm³/mol. The molecular weight excluding hydrogens is 410 g/mol. The minimum atomic E-state index is -0.646. The first kappa shape index (κ1) is 22.2. The maximum atomic E-state index is 12.9. The molecule has 0 aromatic heterocycles. The third kappa shape index (κ3) is 5.79. The van der Waals surface area contributed by atoms with Crippen molar-refractivity contribution in [3.8, 4) is 5.75 Å². The van der Waals surface area contributed by atoms with E-state index in [-0.39, 0.29) is 16.9 Å². The lowest BCUT2D eigenvalue weighted by Crippen LogP contribution is -2.30. The summed E-state index contributed by atoms with van der Waals surface area (Å²) >= 11 is 0. The van der Waals surface area contributed by atoms with Gasteiger partial charge < -0.3 is 15.4 Å². The molecule has 32 heavy (non-hydrogen) atoms. The van der Waals surface area contributed by atoms with Crippen molar-refractivity contribution in [2.24, 2.45) is 0 Å². The van der Waals surface area contributed by atoms with Gasteiger partial charge in [-0.3, -0.25) is 19.7 Å². The van der Waals surface area contributed by atoms with Crippen molar-refractivity contribution in [3.63, 3.8) is 0 Å². The number of nitro groups is 1. The van der Waals surface area contributed by atoms with Crippen LogP contribution in [0.3, 0.4) is 0 Å². The van der Waals surface area contributed by atoms with E-state index < -0.39 is 16.7 Å². The zero-order valence-electron chi connectivity index (χ0n) is 17.5. The first-order valence-electron chi connectivity index (χ1n) is 9.65. The maximum absolute atomic E-state index is 12.9. The number of nitrogens with one attached hydrogen (secondary N) is 2. The van der Waals surface area contributed by atoms with E-state index in [1.54, 1.807) is 43.5 Å². The molecule has 3 rings (SSSR count). The maximum Gasteiger partial charge on any atom is 0.272 e. The summed E-state index contributed by atoms with van der Waals surface area (Å²) in [4.78, 5) is 36.1. The second-order valence-corrected chi connectivity index (χ2v) is 6.91. The number of carbonyl (C=O) groups is 2. The molecule has 0 unspecified atom stereocenters. The standard InChI is InChI=1S/C24H21N3O5/c1-16-6-10-19(11-7-16)25-24(29)22(14-17-8-12-21(32-2)13-9-17)26-23(28)18-4-3-5-20(15-18)27(30)31/h3-15H,1-2H3,(H,25,29)(H,26,28)/b22-14+. The Morgan fingerprint density at radius 1 is 1.00 bits per heavy atom. The number of amides is 2. The highest BCUT2D eigenvalue weighted by Gasteiger charge is 2.17. The third-order valence-corrected chi connectivity index (χ3v) is 4.55. The molecule has 2 amide bonds. The van der Waals surface area contributed by atoms with Crippen molar-refractivity contribution in [1.82, 2.24) is 5.32 Å². The Morgan fingerprint density at radius 3 is 2.31 bits per heavy atom. The van der Waals surface area contributed by atoms with E-state index >= 15 is 0 Å². The Bertz CT molecular complexity index is 1170. The van der Waals surface area contributed by atoms with Crippen molar-refractivity contribution < 1.29 is 19.2 Å². The minimum absolute atomic E-state index is 0.0211. The molecule has 8 heteroatoms. The summed E-state index contributed by atoms with van der Waals surface area (Å²) in [6.45, 7) is 1.93. The van der Waals surface area contributed by atoms with Crippen molar-refractivity contribution in [2.75, 3.05) is 12.4 Å². The number of non-ortho nitro benzene ring substituents is 1. The summed E-state index contributed by atoms with van der Waals surface area (Å²) < 4.78 is 5.14. The number of aryl methyl sites for hydroxylation is 1. The van der Waals surface area contributed by atoms with Gasteiger partial charge in [0, 0.05) is 23.4 Å². The second-order valence-electron chi connectivity index (χ2n) is 6.91. The van der Waals surface area contributed by atoms with Gasteiger partial charge >= 0.3 is 0 Å². The summed E-state index contributed by atoms with van der Waals surface area (Å²) in [5.41, 5.74) is 2.07. The molecule has 162 valence electrons. The number of nitrogens with zero attached hydrogens (tertiary/aromatic N) is 1. The Kier molecular flexibility index (Phi) is 6.97. The van der Waals surface area contributed by atoms with Crippen LogP contribution in [-0.4, -0.2) is 23.8 Å². The van der Waals surface area contributed by atoms with Crippen LogP contribution in [-0.2, 0) is 4.79 Å². The van der Waals surface area contributed by atoms with Crippen LogP contribution in [0.5, 0.6) is 5.75 Å². The fraction of sp³-hybridized carbons (Fsp3) is 0.0833. The second kappa shape index (κ2) is 10.0. The fourth-order valence-electron chi connectivity index (χ4n) is 2.82. The van der Waals surface area contributed by atoms with E-state index in [1.165, 1.54) is 24.3 Å². The summed E-state index contributed by atoms with van der Waals surface area (Å²) in [5.74, 6) is -0.538. The molecule has 0 fully saturated rings. The zero-order chi connectivity index (χ0) is 23.1. The lowest BCUT2D eigenvalue weighted by atomic mass is 10.1. The molecule has 0 radical (unpaired) electrons. The summed E-state index contributed by atoms with van der Waals surface area (Å²) in [5, 5.41) is 16.3. The largest absolute Gasteiger partial charge is 0.497 e. The molecule has 0 spiro atoms. The van der Waals surface area contributed by atoms with Crippen LogP contribution in [0.1, 0.15) is 21.5 Å². The molecule has 0 bridgehead atoms. The molecule has 0 saturated carbocycles. The molecule has 8 nitrogen and oxygen atoms in total. The topological polar surface area (TPSA) is 111 Å². The van der Waals surface area contributed by atoms with Gasteiger partial charge in [0.25, 0.3) is 17.5 Å². The smallest absolute Gasteiger partial charge is 0.272 e. The predicted octanol–water partition coefficient (Wildman–Crippen LogP) is 4.32. The van der Waals surface area contributed by atoms with Gasteiger partial charge in [0.1, 0.15) is 11.4 Å². The highest BCUT2D eigenvalue weighted by atomic mass is 16.6. The summed E-state index contributed by atoms with van der Waals surface area (Å²) in [7, 11) is 1.55. The quantitative estimate of drug-likeness (QED) is 0.329. The van der Waals surface area contributed by atoms with E-state index in [4.69, 9.17) is 4.74 Å². The van der Waals surface area contributed by atoms with Crippen LogP contribution in [0.25, 0.3) is 6.08 Å². The van der Waals surface area contributed by atoms with E-state index in [0.717, 1.165) is 11.6 Å². The van der Waals surface area contributed by atoms with Crippen molar-refractivity contribution in [1.29, 1.82) is 0 Å². The zero-order valence-corrected chi connectivity index (χ0v) is 17.5. The molecule has 0 aliphatic carbocycles. The average molecular weight is 431 g/mol. The van der Waals surface area contributed by atoms with Gasteiger partial charge in [0.05, 0.1) is 12.0 Å². The SMILES string of the molecule is COc1ccc(/C=C(/NC(=O)c2cccc([N+](=O)[O-])c2)C(=O)Nc2ccc(C)cc2)cc1. The van der Waals surface area contributed by atoms with Crippen LogP contribution < -0.4 is 15.4 Å². The first-order valence-corrected chi connectivity index (χ1v) is 9.65. The summed E-state index contributed by atoms with van der Waals surface area (Å²) in [6.07, 6.45) is 1.51. The van der Waals surface area contributed by atoms with E-state index in [0.29, 0.717) is 17.0 Å². The Hall–Kier alpha value is -4.46. The lowest BCUT2D eigenvalue weighted by molar-refractivity contribution is -0.384. The molecule has 3 aromatic carbocycles. The van der Waals surface area contributed by atoms with Crippen molar-refractivity contribution >= 4 is 29.3 Å². The monoisotopic (exact) mass is 431 g/mol. The van der Waals surface area contributed by atoms with E-state index in [9.17, 15) is 19.7 Å². The van der Waals surface area contributed by atoms with Crippen molar-refractivity contribution in [2.45, 2.75) is 6.92 Å². The van der Waals surface area contributed by atoms with Gasteiger partial charge in [-0.25, -0.2) is 0 Å². The number of anilines is 1. The first-order chi connectivity index (χ1) is 15.4. The number of hydrogen-bond acceptors (Lipinski definition) is 5. The van der Waals surface area contributed by atoms with Crippen molar-refractivity contribution in [3.05, 3.63) is 105 Å². The number of methoxy groups -OCH3 is 1. The van der Waals surface area contributed by atoms with Gasteiger partial charge in [0.2, 0.25) is 0 Å². The van der Waals surface area contributed by atoms with Gasteiger partial charge in [-0.15, -0.1) is 0 Å². The molecule has 0 aliphatic rings. The average Bonchev–Trinajstić information content (AvgIpc) is 2.80. The van der Waals surface area contributed by atoms with Crippen LogP contribution in [0.4, 0.5) is 11.4 Å². The van der Waals surface area contributed by atoms with Gasteiger partial charge in [0.15, 0.2) is 0 Å². The number of ether oxygens (including phenoxy) is 1. The number of rotatable bonds is 7. The molecule has 0 saturated heterocycles. The fourth-order valence-corrected chi connectivity index (χ4v) is 2.82. The van der Waals surface area contributed by atoms with E-state index in [2.05, 4.69) is 10.6 Å². The summed E-state index contributed by atoms with van der Waals surface area (Å²) in [6, 6.07) is 19.4. The highest BCUT2D eigenvalue weighted by Crippen LogP contribution is 2.17. The third-order valence-electron chi connectivity index (χ3n) is 4.55. The van der Waals surface area contributed by atoms with E-state index in [1.807, 2.05) is 19.1 Å². The lowest BCUT2D eigenvalue weighted by Gasteiger charge is -2.12. The van der Waals surface area contributed by atoms with Gasteiger partial charge in [-0.1, -0.05) is 35.9 Å². The molecule has 0 aliphatic heterocycles. The van der Waals surface area contributed by atoms with Gasteiger partial charge in [-0.05, 0) is 48.9 Å². The van der Waals surface area contributed by atoms with Crippen LogP contribution in [0, 0.1) is 17.0 Å². The Balaban J connectivity index is 1.89. The molecule has 0 heterocycles. The highest BCUT2D eigenvalue weighted by molar-refractivity contribution is 6.10. The molecule has 2 N–H and O–H groups in total. The molecule has 0 atom stereocenters. The number of nitro benzene ring substituents is 1. The normalized spacial score (nSPS) is 10.9.